The van der Waals surface area contributed by atoms with Gasteiger partial charge in [0.1, 0.15) is 5.39 Å². The molecule has 0 spiro atoms. The van der Waals surface area contributed by atoms with E-state index in [0.717, 1.165) is 5.69 Å². The molecule has 2 aromatic heterocycles. The lowest BCUT2D eigenvalue weighted by molar-refractivity contribution is 0.888. The highest BCUT2D eigenvalue weighted by atomic mass is 35.5. The van der Waals surface area contributed by atoms with Crippen LogP contribution in [0.1, 0.15) is 0 Å². The molecule has 31 heavy (non-hydrogen) atoms. The van der Waals surface area contributed by atoms with E-state index in [1.54, 1.807) is 53.3 Å². The molecule has 0 fully saturated rings. The molecule has 8 heteroatoms. The number of rotatable bonds is 3. The van der Waals surface area contributed by atoms with Crippen LogP contribution in [0.25, 0.3) is 33.8 Å². The van der Waals surface area contributed by atoms with Gasteiger partial charge in [0, 0.05) is 21.8 Å². The molecule has 152 valence electrons. The second-order valence-electron chi connectivity index (χ2n) is 6.82. The fourth-order valence-corrected chi connectivity index (χ4v) is 3.98. The van der Waals surface area contributed by atoms with Crippen LogP contribution >= 0.6 is 34.8 Å². The average molecular weight is 468 g/mol. The third kappa shape index (κ3) is 3.61. The number of aromatic nitrogens is 4. The van der Waals surface area contributed by atoms with Crippen LogP contribution in [-0.2, 0) is 0 Å². The van der Waals surface area contributed by atoms with Crippen LogP contribution in [0, 0.1) is 0 Å². The van der Waals surface area contributed by atoms with E-state index < -0.39 is 0 Å². The molecule has 0 aliphatic heterocycles. The minimum Gasteiger partial charge on any atom is -0.268 e. The summed E-state index contributed by atoms with van der Waals surface area (Å²) in [5.74, 6) is 0.361. The van der Waals surface area contributed by atoms with Crippen molar-refractivity contribution in [2.45, 2.75) is 0 Å². The lowest BCUT2D eigenvalue weighted by Crippen LogP contribution is -2.21. The van der Waals surface area contributed by atoms with E-state index in [-0.39, 0.29) is 5.56 Å². The quantitative estimate of drug-likeness (QED) is 0.317. The molecule has 5 aromatic rings. The zero-order valence-electron chi connectivity index (χ0n) is 15.8. The van der Waals surface area contributed by atoms with Crippen molar-refractivity contribution in [1.82, 2.24) is 19.3 Å². The van der Waals surface area contributed by atoms with Crippen LogP contribution in [0.4, 0.5) is 0 Å². The van der Waals surface area contributed by atoms with E-state index in [2.05, 4.69) is 5.10 Å². The monoisotopic (exact) mass is 466 g/mol. The second-order valence-corrected chi connectivity index (χ2v) is 8.10. The number of halogens is 3. The first-order valence-corrected chi connectivity index (χ1v) is 10.4. The van der Waals surface area contributed by atoms with Crippen LogP contribution in [0.5, 0.6) is 0 Å². The van der Waals surface area contributed by atoms with E-state index in [1.807, 2.05) is 30.3 Å². The Morgan fingerprint density at radius 2 is 1.48 bits per heavy atom. The first-order valence-electron chi connectivity index (χ1n) is 9.30. The Labute approximate surface area is 192 Å². The lowest BCUT2D eigenvalue weighted by atomic mass is 10.2. The summed E-state index contributed by atoms with van der Waals surface area (Å²) in [5, 5.41) is 6.34. The summed E-state index contributed by atoms with van der Waals surface area (Å²) in [6.45, 7) is 0. The Hall–Kier alpha value is -3.12. The number of para-hydroxylation sites is 1. The van der Waals surface area contributed by atoms with Crippen LogP contribution in [-0.4, -0.2) is 19.3 Å². The number of hydrogen-bond acceptors (Lipinski definition) is 3. The van der Waals surface area contributed by atoms with Gasteiger partial charge in [0.05, 0.1) is 16.4 Å². The molecule has 5 nitrogen and oxygen atoms in total. The van der Waals surface area contributed by atoms with Crippen LogP contribution in [0.3, 0.4) is 0 Å². The number of nitrogens with zero attached hydrogens (tertiary/aromatic N) is 4. The number of hydrogen-bond donors (Lipinski definition) is 0. The molecule has 0 atom stereocenters. The summed E-state index contributed by atoms with van der Waals surface area (Å²) in [6.07, 6.45) is 1.68. The van der Waals surface area contributed by atoms with Gasteiger partial charge in [-0.3, -0.25) is 9.36 Å². The zero-order valence-corrected chi connectivity index (χ0v) is 18.1. The minimum atomic E-state index is -0.268. The molecule has 0 bridgehead atoms. The molecule has 0 unspecified atom stereocenters. The molecule has 3 aromatic carbocycles. The minimum absolute atomic E-state index is 0.268. The van der Waals surface area contributed by atoms with Crippen molar-refractivity contribution in [3.63, 3.8) is 0 Å². The fourth-order valence-electron chi connectivity index (χ4n) is 3.36. The predicted molar refractivity (Wildman–Crippen MR) is 125 cm³/mol. The standard InChI is InChI=1S/C23H13Cl3N4O/c24-14-6-9-17(10-7-14)30-22(18-11-8-15(25)12-20(18)26)27-21-19(23(30)31)13-29(28-21)16-4-2-1-3-5-16/h1-13H. The molecule has 5 rings (SSSR count). The van der Waals surface area contributed by atoms with E-state index in [9.17, 15) is 4.79 Å². The van der Waals surface area contributed by atoms with Gasteiger partial charge in [0.2, 0.25) is 0 Å². The third-order valence-corrected chi connectivity index (χ3v) is 5.63. The Morgan fingerprint density at radius 1 is 0.774 bits per heavy atom. The summed E-state index contributed by atoms with van der Waals surface area (Å²) in [4.78, 5) is 18.3. The molecule has 2 heterocycles. The summed E-state index contributed by atoms with van der Waals surface area (Å²) in [7, 11) is 0. The van der Waals surface area contributed by atoms with Gasteiger partial charge in [0.25, 0.3) is 5.56 Å². The molecule has 0 radical (unpaired) electrons. The lowest BCUT2D eigenvalue weighted by Gasteiger charge is -2.13. The van der Waals surface area contributed by atoms with Crippen LogP contribution in [0.15, 0.2) is 83.8 Å². The van der Waals surface area contributed by atoms with Gasteiger partial charge in [0.15, 0.2) is 11.5 Å². The second kappa shape index (κ2) is 7.85. The first kappa shape index (κ1) is 19.8. The summed E-state index contributed by atoms with van der Waals surface area (Å²) in [5.41, 5.74) is 2.05. The fraction of sp³-hybridized carbons (Fsp3) is 0. The maximum absolute atomic E-state index is 13.6. The van der Waals surface area contributed by atoms with Crippen molar-refractivity contribution in [1.29, 1.82) is 0 Å². The first-order chi connectivity index (χ1) is 15.0. The van der Waals surface area contributed by atoms with Crippen molar-refractivity contribution >= 4 is 45.8 Å². The highest BCUT2D eigenvalue weighted by molar-refractivity contribution is 6.36. The van der Waals surface area contributed by atoms with E-state index in [4.69, 9.17) is 39.8 Å². The summed E-state index contributed by atoms with van der Waals surface area (Å²) < 4.78 is 3.14. The highest BCUT2D eigenvalue weighted by Crippen LogP contribution is 2.31. The van der Waals surface area contributed by atoms with Gasteiger partial charge < -0.3 is 0 Å². The van der Waals surface area contributed by atoms with Crippen molar-refractivity contribution in [3.05, 3.63) is 104 Å². The SMILES string of the molecule is O=c1c2cn(-c3ccccc3)nc2nc(-c2ccc(Cl)cc2Cl)n1-c1ccc(Cl)cc1. The summed E-state index contributed by atoms with van der Waals surface area (Å²) >= 11 is 18.6. The van der Waals surface area contributed by atoms with Gasteiger partial charge in [-0.05, 0) is 54.6 Å². The molecule has 0 saturated carbocycles. The van der Waals surface area contributed by atoms with Gasteiger partial charge in [-0.2, -0.15) is 0 Å². The molecule has 0 N–H and O–H groups in total. The van der Waals surface area contributed by atoms with E-state index >= 15 is 0 Å². The van der Waals surface area contributed by atoms with Gasteiger partial charge in [-0.1, -0.05) is 53.0 Å². The van der Waals surface area contributed by atoms with E-state index in [0.29, 0.717) is 43.2 Å². The van der Waals surface area contributed by atoms with Crippen molar-refractivity contribution in [2.75, 3.05) is 0 Å². The normalized spacial score (nSPS) is 11.2. The number of benzene rings is 3. The van der Waals surface area contributed by atoms with Gasteiger partial charge in [-0.25, -0.2) is 9.67 Å². The van der Waals surface area contributed by atoms with E-state index in [1.165, 1.54) is 4.57 Å². The molecule has 0 aliphatic rings. The van der Waals surface area contributed by atoms with Gasteiger partial charge >= 0.3 is 0 Å². The summed E-state index contributed by atoms with van der Waals surface area (Å²) in [6, 6.07) is 21.5. The third-order valence-electron chi connectivity index (χ3n) is 4.83. The highest BCUT2D eigenvalue weighted by Gasteiger charge is 2.19. The Bertz CT molecular complexity index is 1480. The molecule has 0 saturated heterocycles. The molecular formula is C23H13Cl3N4O. The smallest absolute Gasteiger partial charge is 0.268 e. The zero-order chi connectivity index (χ0) is 21.5. The van der Waals surface area contributed by atoms with Crippen molar-refractivity contribution in [3.8, 4) is 22.8 Å². The molecule has 0 aliphatic carbocycles. The molecule has 0 amide bonds. The van der Waals surface area contributed by atoms with Crippen LogP contribution in [0.2, 0.25) is 15.1 Å². The Balaban J connectivity index is 1.83. The topological polar surface area (TPSA) is 52.7 Å². The average Bonchev–Trinajstić information content (AvgIpc) is 3.20. The van der Waals surface area contributed by atoms with Crippen molar-refractivity contribution < 1.29 is 0 Å². The Kier molecular flexibility index (Phi) is 5.02. The molecular weight excluding hydrogens is 455 g/mol. The van der Waals surface area contributed by atoms with Gasteiger partial charge in [-0.15, -0.1) is 5.10 Å². The maximum Gasteiger partial charge on any atom is 0.269 e. The maximum atomic E-state index is 13.6. The largest absolute Gasteiger partial charge is 0.269 e. The Morgan fingerprint density at radius 3 is 2.19 bits per heavy atom. The predicted octanol–water partition coefficient (Wildman–Crippen LogP) is 6.20. The number of fused-ring (bicyclic) bond motifs is 1. The van der Waals surface area contributed by atoms with Crippen LogP contribution < -0.4 is 5.56 Å². The van der Waals surface area contributed by atoms with Crippen molar-refractivity contribution in [2.24, 2.45) is 0 Å².